The van der Waals surface area contributed by atoms with Crippen molar-refractivity contribution < 1.29 is 4.79 Å². The summed E-state index contributed by atoms with van der Waals surface area (Å²) in [6.45, 7) is 8.00. The Morgan fingerprint density at radius 2 is 1.74 bits per heavy atom. The van der Waals surface area contributed by atoms with Crippen LogP contribution in [0.5, 0.6) is 0 Å². The SMILES string of the molecule is CC(=O)CC1CCCCCN1CCCN1CCCC1. The Morgan fingerprint density at radius 3 is 2.47 bits per heavy atom. The van der Waals surface area contributed by atoms with Crippen molar-refractivity contribution in [1.82, 2.24) is 9.80 Å². The average molecular weight is 266 g/mol. The maximum atomic E-state index is 11.4. The molecule has 1 atom stereocenters. The fourth-order valence-corrected chi connectivity index (χ4v) is 3.60. The lowest BCUT2D eigenvalue weighted by molar-refractivity contribution is -0.118. The second-order valence-corrected chi connectivity index (χ2v) is 6.35. The molecule has 2 saturated heterocycles. The molecule has 0 aromatic rings. The van der Waals surface area contributed by atoms with Gasteiger partial charge in [0.25, 0.3) is 0 Å². The largest absolute Gasteiger partial charge is 0.303 e. The Labute approximate surface area is 118 Å². The van der Waals surface area contributed by atoms with Gasteiger partial charge in [-0.2, -0.15) is 0 Å². The number of carbonyl (C=O) groups is 1. The fraction of sp³-hybridized carbons (Fsp3) is 0.938. The highest BCUT2D eigenvalue weighted by molar-refractivity contribution is 5.76. The van der Waals surface area contributed by atoms with E-state index in [2.05, 4.69) is 9.80 Å². The minimum atomic E-state index is 0.358. The lowest BCUT2D eigenvalue weighted by Gasteiger charge is -2.30. The van der Waals surface area contributed by atoms with Crippen LogP contribution in [-0.2, 0) is 4.79 Å². The normalized spacial score (nSPS) is 26.5. The van der Waals surface area contributed by atoms with Gasteiger partial charge in [0.2, 0.25) is 0 Å². The molecule has 0 aromatic heterocycles. The molecule has 2 rings (SSSR count). The van der Waals surface area contributed by atoms with Gasteiger partial charge in [0, 0.05) is 12.5 Å². The second kappa shape index (κ2) is 8.01. The first-order chi connectivity index (χ1) is 9.25. The third-order valence-corrected chi connectivity index (χ3v) is 4.64. The number of likely N-dealkylation sites (tertiary alicyclic amines) is 2. The summed E-state index contributed by atoms with van der Waals surface area (Å²) in [6, 6.07) is 0.526. The topological polar surface area (TPSA) is 23.6 Å². The summed E-state index contributed by atoms with van der Waals surface area (Å²) in [5.41, 5.74) is 0. The van der Waals surface area contributed by atoms with E-state index < -0.39 is 0 Å². The first-order valence-electron chi connectivity index (χ1n) is 8.21. The zero-order valence-corrected chi connectivity index (χ0v) is 12.6. The Hall–Kier alpha value is -0.410. The summed E-state index contributed by atoms with van der Waals surface area (Å²) in [5, 5.41) is 0. The third-order valence-electron chi connectivity index (χ3n) is 4.64. The van der Waals surface area contributed by atoms with Gasteiger partial charge in [-0.15, -0.1) is 0 Å². The van der Waals surface area contributed by atoms with Crippen LogP contribution in [0.25, 0.3) is 0 Å². The molecule has 2 fully saturated rings. The summed E-state index contributed by atoms with van der Waals surface area (Å²) in [7, 11) is 0. The van der Waals surface area contributed by atoms with Gasteiger partial charge in [0.15, 0.2) is 0 Å². The van der Waals surface area contributed by atoms with E-state index in [-0.39, 0.29) is 0 Å². The van der Waals surface area contributed by atoms with Crippen molar-refractivity contribution in [2.45, 2.75) is 64.3 Å². The summed E-state index contributed by atoms with van der Waals surface area (Å²) in [5.74, 6) is 0.358. The number of rotatable bonds is 6. The molecule has 0 amide bonds. The van der Waals surface area contributed by atoms with Crippen LogP contribution >= 0.6 is 0 Å². The van der Waals surface area contributed by atoms with Crippen LogP contribution in [0.15, 0.2) is 0 Å². The lowest BCUT2D eigenvalue weighted by Crippen LogP contribution is -2.38. The standard InChI is InChI=1S/C16H30N2O/c1-15(19)14-16-8-3-2-4-12-18(16)13-7-11-17-9-5-6-10-17/h16H,2-14H2,1H3. The molecule has 2 aliphatic heterocycles. The molecule has 2 heterocycles. The molecule has 0 radical (unpaired) electrons. The highest BCUT2D eigenvalue weighted by Crippen LogP contribution is 2.20. The minimum Gasteiger partial charge on any atom is -0.303 e. The molecule has 0 aromatic carbocycles. The molecule has 0 aliphatic carbocycles. The summed E-state index contributed by atoms with van der Waals surface area (Å²) >= 11 is 0. The maximum absolute atomic E-state index is 11.4. The van der Waals surface area contributed by atoms with Crippen LogP contribution in [0.4, 0.5) is 0 Å². The van der Waals surface area contributed by atoms with Gasteiger partial charge in [-0.05, 0) is 71.8 Å². The van der Waals surface area contributed by atoms with Gasteiger partial charge in [0.05, 0.1) is 0 Å². The summed E-state index contributed by atoms with van der Waals surface area (Å²) < 4.78 is 0. The highest BCUT2D eigenvalue weighted by Gasteiger charge is 2.22. The van der Waals surface area contributed by atoms with Crippen molar-refractivity contribution in [3.63, 3.8) is 0 Å². The molecule has 2 aliphatic rings. The molecule has 110 valence electrons. The van der Waals surface area contributed by atoms with E-state index in [0.29, 0.717) is 11.8 Å². The second-order valence-electron chi connectivity index (χ2n) is 6.35. The van der Waals surface area contributed by atoms with E-state index in [1.807, 2.05) is 0 Å². The molecule has 0 N–H and O–H groups in total. The van der Waals surface area contributed by atoms with E-state index in [9.17, 15) is 4.79 Å². The van der Waals surface area contributed by atoms with Crippen LogP contribution in [-0.4, -0.2) is 54.3 Å². The molecule has 19 heavy (non-hydrogen) atoms. The first-order valence-corrected chi connectivity index (χ1v) is 8.21. The number of Topliss-reactive ketones (excluding diaryl/α,β-unsaturated/α-hetero) is 1. The van der Waals surface area contributed by atoms with E-state index in [4.69, 9.17) is 0 Å². The molecule has 3 nitrogen and oxygen atoms in total. The number of carbonyl (C=O) groups excluding carboxylic acids is 1. The minimum absolute atomic E-state index is 0.358. The van der Waals surface area contributed by atoms with Gasteiger partial charge in [0.1, 0.15) is 5.78 Å². The first kappa shape index (κ1) is 15.0. The Balaban J connectivity index is 1.74. The van der Waals surface area contributed by atoms with Crippen LogP contribution in [0, 0.1) is 0 Å². The predicted molar refractivity (Wildman–Crippen MR) is 79.4 cm³/mol. The zero-order valence-electron chi connectivity index (χ0n) is 12.6. The van der Waals surface area contributed by atoms with Gasteiger partial charge in [-0.25, -0.2) is 0 Å². The highest BCUT2D eigenvalue weighted by atomic mass is 16.1. The molecule has 3 heteroatoms. The average Bonchev–Trinajstić information content (AvgIpc) is 2.79. The van der Waals surface area contributed by atoms with Crippen LogP contribution < -0.4 is 0 Å². The fourth-order valence-electron chi connectivity index (χ4n) is 3.60. The number of nitrogens with zero attached hydrogens (tertiary/aromatic N) is 2. The van der Waals surface area contributed by atoms with Crippen LogP contribution in [0.2, 0.25) is 0 Å². The maximum Gasteiger partial charge on any atom is 0.131 e. The molecule has 0 saturated carbocycles. The van der Waals surface area contributed by atoms with Crippen molar-refractivity contribution in [3.8, 4) is 0 Å². The Morgan fingerprint density at radius 1 is 1.00 bits per heavy atom. The van der Waals surface area contributed by atoms with E-state index in [1.165, 1.54) is 77.7 Å². The smallest absolute Gasteiger partial charge is 0.131 e. The number of hydrogen-bond donors (Lipinski definition) is 0. The van der Waals surface area contributed by atoms with E-state index in [0.717, 1.165) is 6.42 Å². The third kappa shape index (κ3) is 5.23. The van der Waals surface area contributed by atoms with E-state index in [1.54, 1.807) is 6.92 Å². The predicted octanol–water partition coefficient (Wildman–Crippen LogP) is 2.70. The van der Waals surface area contributed by atoms with Crippen molar-refractivity contribution in [2.75, 3.05) is 32.7 Å². The van der Waals surface area contributed by atoms with Gasteiger partial charge in [-0.3, -0.25) is 9.69 Å². The van der Waals surface area contributed by atoms with Gasteiger partial charge >= 0.3 is 0 Å². The number of hydrogen-bond acceptors (Lipinski definition) is 3. The Kier molecular flexibility index (Phi) is 6.32. The summed E-state index contributed by atoms with van der Waals surface area (Å²) in [4.78, 5) is 16.6. The molecule has 0 bridgehead atoms. The van der Waals surface area contributed by atoms with E-state index >= 15 is 0 Å². The van der Waals surface area contributed by atoms with Crippen molar-refractivity contribution in [3.05, 3.63) is 0 Å². The Bertz CT molecular complexity index is 274. The van der Waals surface area contributed by atoms with Crippen molar-refractivity contribution in [1.29, 1.82) is 0 Å². The van der Waals surface area contributed by atoms with Crippen LogP contribution in [0.3, 0.4) is 0 Å². The molecule has 0 spiro atoms. The van der Waals surface area contributed by atoms with Gasteiger partial charge in [-0.1, -0.05) is 12.8 Å². The van der Waals surface area contributed by atoms with Crippen molar-refractivity contribution in [2.24, 2.45) is 0 Å². The molecular formula is C16H30N2O. The van der Waals surface area contributed by atoms with Crippen molar-refractivity contribution >= 4 is 5.78 Å². The lowest BCUT2D eigenvalue weighted by atomic mass is 10.0. The molecular weight excluding hydrogens is 236 g/mol. The number of ketones is 1. The quantitative estimate of drug-likeness (QED) is 0.738. The van der Waals surface area contributed by atoms with Crippen LogP contribution in [0.1, 0.15) is 58.3 Å². The zero-order chi connectivity index (χ0) is 13.5. The molecule has 1 unspecified atom stereocenters. The van der Waals surface area contributed by atoms with Gasteiger partial charge < -0.3 is 4.90 Å². The summed E-state index contributed by atoms with van der Waals surface area (Å²) in [6.07, 6.45) is 10.0. The monoisotopic (exact) mass is 266 g/mol.